The van der Waals surface area contributed by atoms with Crippen LogP contribution in [0.2, 0.25) is 5.02 Å². The first-order valence-corrected chi connectivity index (χ1v) is 5.92. The second-order valence-electron chi connectivity index (χ2n) is 4.01. The van der Waals surface area contributed by atoms with E-state index in [1.165, 1.54) is 6.08 Å². The second kappa shape index (κ2) is 5.24. The molecule has 98 valence electrons. The molecular formula is C13H10ClNO4. The Balaban J connectivity index is 2.21. The third-order valence-electron chi connectivity index (χ3n) is 2.69. The van der Waals surface area contributed by atoms with E-state index in [0.29, 0.717) is 10.6 Å². The molecule has 1 aromatic carbocycles. The highest BCUT2D eigenvalue weighted by Crippen LogP contribution is 2.25. The molecule has 0 unspecified atom stereocenters. The Hall–Kier alpha value is -2.14. The molecule has 1 heterocycles. The van der Waals surface area contributed by atoms with E-state index < -0.39 is 17.8 Å². The van der Waals surface area contributed by atoms with Crippen LogP contribution in [-0.4, -0.2) is 34.3 Å². The highest BCUT2D eigenvalue weighted by molar-refractivity contribution is 6.34. The molecule has 5 nitrogen and oxygen atoms in total. The van der Waals surface area contributed by atoms with Crippen LogP contribution in [-0.2, 0) is 14.4 Å². The van der Waals surface area contributed by atoms with Gasteiger partial charge >= 0.3 is 5.97 Å². The number of amides is 2. The van der Waals surface area contributed by atoms with Crippen LogP contribution in [0.3, 0.4) is 0 Å². The first-order chi connectivity index (χ1) is 8.99. The first kappa shape index (κ1) is 13.3. The SMILES string of the molecule is O=C(O)CCN1C(=O)C=C(c2cccc(Cl)c2)C1=O. The number of hydrogen-bond donors (Lipinski definition) is 1. The Kier molecular flexibility index (Phi) is 3.66. The minimum atomic E-state index is -1.06. The summed E-state index contributed by atoms with van der Waals surface area (Å²) in [6.45, 7) is -0.131. The molecular weight excluding hydrogens is 270 g/mol. The molecule has 1 aliphatic rings. The molecule has 6 heteroatoms. The van der Waals surface area contributed by atoms with E-state index in [2.05, 4.69) is 0 Å². The zero-order valence-electron chi connectivity index (χ0n) is 9.80. The van der Waals surface area contributed by atoms with Crippen LogP contribution in [0.1, 0.15) is 12.0 Å². The number of halogens is 1. The Morgan fingerprint density at radius 1 is 1.32 bits per heavy atom. The van der Waals surface area contributed by atoms with Crippen molar-refractivity contribution in [3.8, 4) is 0 Å². The number of carbonyl (C=O) groups is 3. The van der Waals surface area contributed by atoms with Gasteiger partial charge in [0.2, 0.25) is 0 Å². The number of carboxylic acid groups (broad SMARTS) is 1. The topological polar surface area (TPSA) is 74.7 Å². The van der Waals surface area contributed by atoms with Crippen molar-refractivity contribution >= 4 is 35.0 Å². The lowest BCUT2D eigenvalue weighted by molar-refractivity contribution is -0.139. The highest BCUT2D eigenvalue weighted by Gasteiger charge is 2.31. The molecule has 0 aliphatic carbocycles. The van der Waals surface area contributed by atoms with Gasteiger partial charge in [0.05, 0.1) is 12.0 Å². The van der Waals surface area contributed by atoms with E-state index in [4.69, 9.17) is 16.7 Å². The van der Waals surface area contributed by atoms with E-state index in [1.54, 1.807) is 24.3 Å². The minimum Gasteiger partial charge on any atom is -0.481 e. The number of hydrogen-bond acceptors (Lipinski definition) is 3. The average Bonchev–Trinajstić information content (AvgIpc) is 2.62. The lowest BCUT2D eigenvalue weighted by Gasteiger charge is -2.13. The van der Waals surface area contributed by atoms with Crippen LogP contribution >= 0.6 is 11.6 Å². The zero-order chi connectivity index (χ0) is 14.0. The van der Waals surface area contributed by atoms with Gasteiger partial charge < -0.3 is 5.11 Å². The normalized spacial score (nSPS) is 14.8. The molecule has 0 atom stereocenters. The van der Waals surface area contributed by atoms with Gasteiger partial charge in [-0.2, -0.15) is 0 Å². The first-order valence-electron chi connectivity index (χ1n) is 5.54. The molecule has 1 aliphatic heterocycles. The minimum absolute atomic E-state index is 0.131. The predicted molar refractivity (Wildman–Crippen MR) is 68.4 cm³/mol. The Labute approximate surface area is 114 Å². The van der Waals surface area contributed by atoms with Crippen molar-refractivity contribution in [2.45, 2.75) is 6.42 Å². The van der Waals surface area contributed by atoms with Crippen molar-refractivity contribution in [1.82, 2.24) is 4.90 Å². The van der Waals surface area contributed by atoms with Gasteiger partial charge in [0.15, 0.2) is 0 Å². The molecule has 0 spiro atoms. The van der Waals surface area contributed by atoms with Gasteiger partial charge in [-0.15, -0.1) is 0 Å². The summed E-state index contributed by atoms with van der Waals surface area (Å²) in [5.41, 5.74) is 0.779. The van der Waals surface area contributed by atoms with Crippen LogP contribution in [0.25, 0.3) is 5.57 Å². The smallest absolute Gasteiger partial charge is 0.305 e. The molecule has 0 saturated heterocycles. The molecule has 0 fully saturated rings. The summed E-state index contributed by atoms with van der Waals surface area (Å²) in [4.78, 5) is 35.1. The Bertz CT molecular complexity index is 594. The van der Waals surface area contributed by atoms with Crippen LogP contribution in [0.5, 0.6) is 0 Å². The molecule has 0 radical (unpaired) electrons. The number of rotatable bonds is 4. The monoisotopic (exact) mass is 279 g/mol. The van der Waals surface area contributed by atoms with Gasteiger partial charge in [0.1, 0.15) is 0 Å². The zero-order valence-corrected chi connectivity index (χ0v) is 10.6. The van der Waals surface area contributed by atoms with Crippen molar-refractivity contribution in [2.75, 3.05) is 6.54 Å². The quantitative estimate of drug-likeness (QED) is 0.849. The maximum absolute atomic E-state index is 12.0. The number of carboxylic acids is 1. The van der Waals surface area contributed by atoms with Crippen LogP contribution in [0.15, 0.2) is 30.3 Å². The van der Waals surface area contributed by atoms with Gasteiger partial charge in [-0.3, -0.25) is 19.3 Å². The van der Waals surface area contributed by atoms with Crippen LogP contribution in [0.4, 0.5) is 0 Å². The van der Waals surface area contributed by atoms with E-state index in [-0.39, 0.29) is 18.5 Å². The van der Waals surface area contributed by atoms with Crippen LogP contribution in [0, 0.1) is 0 Å². The predicted octanol–water partition coefficient (Wildman–Crippen LogP) is 1.57. The standard InChI is InChI=1S/C13H10ClNO4/c14-9-3-1-2-8(6-9)10-7-11(16)15(13(10)19)5-4-12(17)18/h1-3,6-7H,4-5H2,(H,17,18). The van der Waals surface area contributed by atoms with Gasteiger partial charge in [-0.05, 0) is 17.7 Å². The molecule has 0 bridgehead atoms. The molecule has 0 saturated carbocycles. The third-order valence-corrected chi connectivity index (χ3v) is 2.93. The summed E-state index contributed by atoms with van der Waals surface area (Å²) in [6, 6.07) is 6.59. The average molecular weight is 280 g/mol. The van der Waals surface area contributed by atoms with Crippen molar-refractivity contribution in [2.24, 2.45) is 0 Å². The highest BCUT2D eigenvalue weighted by atomic mass is 35.5. The summed E-state index contributed by atoms with van der Waals surface area (Å²) >= 11 is 5.83. The van der Waals surface area contributed by atoms with Gasteiger partial charge in [-0.1, -0.05) is 23.7 Å². The van der Waals surface area contributed by atoms with Crippen molar-refractivity contribution in [3.63, 3.8) is 0 Å². The fourth-order valence-electron chi connectivity index (χ4n) is 1.79. The summed E-state index contributed by atoms with van der Waals surface area (Å²) in [5, 5.41) is 9.04. The fraction of sp³-hybridized carbons (Fsp3) is 0.154. The number of carbonyl (C=O) groups excluding carboxylic acids is 2. The number of aliphatic carboxylic acids is 1. The summed E-state index contributed by atoms with van der Waals surface area (Å²) < 4.78 is 0. The summed E-state index contributed by atoms with van der Waals surface area (Å²) in [5.74, 6) is -2.05. The fourth-order valence-corrected chi connectivity index (χ4v) is 1.98. The maximum atomic E-state index is 12.0. The van der Waals surface area contributed by atoms with Gasteiger partial charge in [0, 0.05) is 17.6 Å². The van der Waals surface area contributed by atoms with Crippen molar-refractivity contribution in [3.05, 3.63) is 40.9 Å². The summed E-state index contributed by atoms with van der Waals surface area (Å²) in [7, 11) is 0. The molecule has 0 aromatic heterocycles. The molecule has 1 N–H and O–H groups in total. The molecule has 2 amide bonds. The third kappa shape index (κ3) is 2.82. The van der Waals surface area contributed by atoms with E-state index in [1.807, 2.05) is 0 Å². The maximum Gasteiger partial charge on any atom is 0.305 e. The Morgan fingerprint density at radius 3 is 2.68 bits per heavy atom. The van der Waals surface area contributed by atoms with Crippen molar-refractivity contribution in [1.29, 1.82) is 0 Å². The summed E-state index contributed by atoms with van der Waals surface area (Å²) in [6.07, 6.45) is 0.935. The number of benzene rings is 1. The number of imide groups is 1. The number of nitrogens with zero attached hydrogens (tertiary/aromatic N) is 1. The lowest BCUT2D eigenvalue weighted by atomic mass is 10.1. The van der Waals surface area contributed by atoms with Gasteiger partial charge in [-0.25, -0.2) is 0 Å². The van der Waals surface area contributed by atoms with Gasteiger partial charge in [0.25, 0.3) is 11.8 Å². The lowest BCUT2D eigenvalue weighted by Crippen LogP contribution is -2.32. The van der Waals surface area contributed by atoms with Crippen molar-refractivity contribution < 1.29 is 19.5 Å². The van der Waals surface area contributed by atoms with E-state index >= 15 is 0 Å². The molecule has 1 aromatic rings. The second-order valence-corrected chi connectivity index (χ2v) is 4.44. The molecule has 2 rings (SSSR count). The Morgan fingerprint density at radius 2 is 2.05 bits per heavy atom. The van der Waals surface area contributed by atoms with E-state index in [9.17, 15) is 14.4 Å². The van der Waals surface area contributed by atoms with Crippen LogP contribution < -0.4 is 0 Å². The van der Waals surface area contributed by atoms with E-state index in [0.717, 1.165) is 4.90 Å². The molecule has 19 heavy (non-hydrogen) atoms. The largest absolute Gasteiger partial charge is 0.481 e.